The molecule has 2 spiro atoms. The monoisotopic (exact) mass is 515 g/mol. The zero-order valence-corrected chi connectivity index (χ0v) is 18.8. The number of para-hydroxylation sites is 1. The molecule has 4 unspecified atom stereocenters. The number of halogens is 1. The largest absolute Gasteiger partial charge is 0.493 e. The molecule has 0 bridgehead atoms. The van der Waals surface area contributed by atoms with Gasteiger partial charge in [0.25, 0.3) is 0 Å². The molecule has 3 heterocycles. The SMILES string of the molecule is CCOC(=O)N1CCC23c4cccc(OC)c4OC2C2(CCC3C1I)OCCO2. The fourth-order valence-electron chi connectivity index (χ4n) is 5.80. The molecule has 158 valence electrons. The van der Waals surface area contributed by atoms with Crippen LogP contribution in [0.3, 0.4) is 0 Å². The number of alkyl halides is 1. The van der Waals surface area contributed by atoms with Crippen LogP contribution in [0, 0.1) is 5.92 Å². The highest BCUT2D eigenvalue weighted by Gasteiger charge is 2.69. The van der Waals surface area contributed by atoms with E-state index in [9.17, 15) is 4.79 Å². The Hall–Kier alpha value is -1.26. The first-order chi connectivity index (χ1) is 14.1. The van der Waals surface area contributed by atoms with E-state index in [1.54, 1.807) is 7.11 Å². The lowest BCUT2D eigenvalue weighted by Gasteiger charge is -2.56. The van der Waals surface area contributed by atoms with Crippen molar-refractivity contribution in [2.75, 3.05) is 33.5 Å². The third kappa shape index (κ3) is 2.64. The molecule has 3 fully saturated rings. The van der Waals surface area contributed by atoms with E-state index in [0.29, 0.717) is 26.4 Å². The third-order valence-electron chi connectivity index (χ3n) is 6.94. The summed E-state index contributed by atoms with van der Waals surface area (Å²) in [5.41, 5.74) is 0.858. The van der Waals surface area contributed by atoms with Gasteiger partial charge in [0.1, 0.15) is 0 Å². The number of piperidine rings is 1. The summed E-state index contributed by atoms with van der Waals surface area (Å²) in [6, 6.07) is 6.09. The highest BCUT2D eigenvalue weighted by Crippen LogP contribution is 2.64. The van der Waals surface area contributed by atoms with Gasteiger partial charge in [0, 0.05) is 29.9 Å². The molecule has 0 N–H and O–H groups in total. The van der Waals surface area contributed by atoms with Crippen molar-refractivity contribution in [3.8, 4) is 11.5 Å². The van der Waals surface area contributed by atoms with Crippen molar-refractivity contribution in [1.82, 2.24) is 4.90 Å². The van der Waals surface area contributed by atoms with Gasteiger partial charge in [-0.2, -0.15) is 0 Å². The third-order valence-corrected chi connectivity index (χ3v) is 8.48. The van der Waals surface area contributed by atoms with Crippen LogP contribution in [0.5, 0.6) is 11.5 Å². The lowest BCUT2D eigenvalue weighted by molar-refractivity contribution is -0.256. The summed E-state index contributed by atoms with van der Waals surface area (Å²) < 4.78 is 29.9. The molecule has 7 nitrogen and oxygen atoms in total. The molecular formula is C21H26INO6. The Kier molecular flexibility index (Phi) is 4.86. The van der Waals surface area contributed by atoms with Gasteiger partial charge in [0.05, 0.1) is 31.0 Å². The molecule has 1 saturated carbocycles. The van der Waals surface area contributed by atoms with Crippen LogP contribution in [0.25, 0.3) is 0 Å². The number of benzene rings is 1. The van der Waals surface area contributed by atoms with E-state index < -0.39 is 5.79 Å². The predicted octanol–water partition coefficient (Wildman–Crippen LogP) is 3.47. The Morgan fingerprint density at radius 1 is 1.31 bits per heavy atom. The Labute approximate surface area is 184 Å². The average molecular weight is 515 g/mol. The highest BCUT2D eigenvalue weighted by molar-refractivity contribution is 14.1. The van der Waals surface area contributed by atoms with Gasteiger partial charge in [0.15, 0.2) is 17.6 Å². The fraction of sp³-hybridized carbons (Fsp3) is 0.667. The Morgan fingerprint density at radius 2 is 2.10 bits per heavy atom. The Bertz CT molecular complexity index is 812. The molecule has 4 atom stereocenters. The number of fused-ring (bicyclic) bond motifs is 2. The second-order valence-corrected chi connectivity index (χ2v) is 9.32. The number of amides is 1. The molecule has 1 aromatic rings. The quantitative estimate of drug-likeness (QED) is 0.342. The van der Waals surface area contributed by atoms with E-state index >= 15 is 0 Å². The fourth-order valence-corrected chi connectivity index (χ4v) is 7.30. The topological polar surface area (TPSA) is 66.5 Å². The predicted molar refractivity (Wildman–Crippen MR) is 113 cm³/mol. The molecule has 0 aromatic heterocycles. The lowest BCUT2D eigenvalue weighted by Crippen LogP contribution is -2.68. The summed E-state index contributed by atoms with van der Waals surface area (Å²) in [4.78, 5) is 14.4. The number of hydrogen-bond acceptors (Lipinski definition) is 6. The molecule has 0 radical (unpaired) electrons. The van der Waals surface area contributed by atoms with E-state index in [0.717, 1.165) is 36.3 Å². The van der Waals surface area contributed by atoms with Crippen molar-refractivity contribution in [2.24, 2.45) is 5.92 Å². The van der Waals surface area contributed by atoms with Crippen LogP contribution < -0.4 is 9.47 Å². The van der Waals surface area contributed by atoms with E-state index in [1.807, 2.05) is 24.0 Å². The summed E-state index contributed by atoms with van der Waals surface area (Å²) in [6.45, 7) is 3.99. The Morgan fingerprint density at radius 3 is 2.83 bits per heavy atom. The van der Waals surface area contributed by atoms with Crippen LogP contribution in [0.1, 0.15) is 31.7 Å². The minimum atomic E-state index is -0.733. The van der Waals surface area contributed by atoms with Crippen molar-refractivity contribution >= 4 is 28.7 Å². The standard InChI is InChI=1S/C21H26INO6/c1-3-26-19(24)23-10-9-20-13-5-4-6-15(25-2)16(13)29-18(20)21(27-11-12-28-21)8-7-14(20)17(23)22/h4-6,14,17-18H,3,7-12H2,1-2H3. The number of carbonyl (C=O) groups is 1. The minimum Gasteiger partial charge on any atom is -0.493 e. The smallest absolute Gasteiger partial charge is 0.410 e. The van der Waals surface area contributed by atoms with E-state index in [2.05, 4.69) is 28.7 Å². The van der Waals surface area contributed by atoms with Crippen LogP contribution in [0.15, 0.2) is 18.2 Å². The molecule has 5 rings (SSSR count). The number of carbonyl (C=O) groups excluding carboxylic acids is 1. The van der Waals surface area contributed by atoms with Crippen molar-refractivity contribution in [3.63, 3.8) is 0 Å². The number of hydrogen-bond donors (Lipinski definition) is 0. The van der Waals surface area contributed by atoms with Crippen molar-refractivity contribution in [3.05, 3.63) is 23.8 Å². The van der Waals surface area contributed by atoms with Crippen molar-refractivity contribution in [1.29, 1.82) is 0 Å². The number of nitrogens with zero attached hydrogens (tertiary/aromatic N) is 1. The van der Waals surface area contributed by atoms with Crippen LogP contribution in [0.4, 0.5) is 4.79 Å². The normalized spacial score (nSPS) is 34.2. The van der Waals surface area contributed by atoms with Gasteiger partial charge < -0.3 is 23.7 Å². The van der Waals surface area contributed by atoms with E-state index in [-0.39, 0.29) is 27.6 Å². The Balaban J connectivity index is 1.61. The van der Waals surface area contributed by atoms with E-state index in [4.69, 9.17) is 23.7 Å². The maximum Gasteiger partial charge on any atom is 0.410 e. The molecule has 4 aliphatic rings. The first-order valence-electron chi connectivity index (χ1n) is 10.3. The zero-order chi connectivity index (χ0) is 20.2. The zero-order valence-electron chi connectivity index (χ0n) is 16.7. The van der Waals surface area contributed by atoms with Gasteiger partial charge in [-0.3, -0.25) is 4.90 Å². The van der Waals surface area contributed by atoms with Crippen LogP contribution in [-0.4, -0.2) is 60.4 Å². The van der Waals surface area contributed by atoms with Gasteiger partial charge in [-0.25, -0.2) is 4.79 Å². The first kappa shape index (κ1) is 19.7. The molecule has 1 aliphatic carbocycles. The van der Waals surface area contributed by atoms with Gasteiger partial charge >= 0.3 is 6.09 Å². The second kappa shape index (κ2) is 7.16. The highest BCUT2D eigenvalue weighted by atomic mass is 127. The van der Waals surface area contributed by atoms with Crippen LogP contribution in [0.2, 0.25) is 0 Å². The van der Waals surface area contributed by atoms with Gasteiger partial charge in [0.2, 0.25) is 5.79 Å². The first-order valence-corrected chi connectivity index (χ1v) is 11.5. The van der Waals surface area contributed by atoms with Crippen LogP contribution in [-0.2, 0) is 19.6 Å². The maximum atomic E-state index is 12.6. The van der Waals surface area contributed by atoms with E-state index in [1.165, 1.54) is 0 Å². The molecule has 29 heavy (non-hydrogen) atoms. The summed E-state index contributed by atoms with van der Waals surface area (Å²) >= 11 is 2.40. The minimum absolute atomic E-state index is 0.00223. The molecule has 1 aromatic carbocycles. The molecular weight excluding hydrogens is 489 g/mol. The van der Waals surface area contributed by atoms with Crippen LogP contribution >= 0.6 is 22.6 Å². The molecule has 8 heteroatoms. The summed E-state index contributed by atoms with van der Waals surface area (Å²) in [7, 11) is 1.67. The molecule has 1 amide bonds. The molecule has 3 aliphatic heterocycles. The number of likely N-dealkylation sites (tertiary alicyclic amines) is 1. The van der Waals surface area contributed by atoms with Gasteiger partial charge in [-0.15, -0.1) is 0 Å². The average Bonchev–Trinajstić information content (AvgIpc) is 3.32. The van der Waals surface area contributed by atoms with Crippen molar-refractivity contribution < 1.29 is 28.5 Å². The van der Waals surface area contributed by atoms with Gasteiger partial charge in [-0.1, -0.05) is 34.7 Å². The van der Waals surface area contributed by atoms with Gasteiger partial charge in [-0.05, 0) is 25.8 Å². The van der Waals surface area contributed by atoms with Crippen molar-refractivity contribution in [2.45, 2.75) is 47.5 Å². The summed E-state index contributed by atoms with van der Waals surface area (Å²) in [6.07, 6.45) is 1.91. The number of rotatable bonds is 2. The molecule has 2 saturated heterocycles. The summed E-state index contributed by atoms with van der Waals surface area (Å²) in [5, 5.41) is 0. The summed E-state index contributed by atoms with van der Waals surface area (Å²) in [5.74, 6) is 0.996. The number of methoxy groups -OCH3 is 1. The second-order valence-electron chi connectivity index (χ2n) is 8.04. The maximum absolute atomic E-state index is 12.6. The lowest BCUT2D eigenvalue weighted by atomic mass is 9.56. The number of ether oxygens (including phenoxy) is 5.